The molecule has 6 heteroatoms. The summed E-state index contributed by atoms with van der Waals surface area (Å²) in [5.74, 6) is -0.627. The van der Waals surface area contributed by atoms with Crippen LogP contribution in [-0.2, 0) is 11.2 Å². The van der Waals surface area contributed by atoms with Crippen molar-refractivity contribution in [2.24, 2.45) is 0 Å². The van der Waals surface area contributed by atoms with Crippen LogP contribution in [0.25, 0.3) is 0 Å². The quantitative estimate of drug-likeness (QED) is 0.799. The molecule has 1 amide bonds. The standard InChI is InChI=1S/C13H19N3O3/c1-4-10-6-9(13(18)19)7-11(15-10)16(3)8-12(17)14-5-2/h6-7H,4-5,8H2,1-3H3,(H,14,17)(H,18,19). The number of aromatic nitrogens is 1. The maximum Gasteiger partial charge on any atom is 0.335 e. The molecule has 1 aromatic heterocycles. The first-order valence-electron chi connectivity index (χ1n) is 6.20. The first-order valence-corrected chi connectivity index (χ1v) is 6.20. The molecule has 1 aromatic rings. The first kappa shape index (κ1) is 14.9. The van der Waals surface area contributed by atoms with Gasteiger partial charge in [-0.15, -0.1) is 0 Å². The number of amides is 1. The molecular weight excluding hydrogens is 246 g/mol. The molecule has 0 fully saturated rings. The highest BCUT2D eigenvalue weighted by atomic mass is 16.4. The van der Waals surface area contributed by atoms with E-state index in [-0.39, 0.29) is 18.0 Å². The Kier molecular flexibility index (Phi) is 5.29. The lowest BCUT2D eigenvalue weighted by molar-refractivity contribution is -0.119. The summed E-state index contributed by atoms with van der Waals surface area (Å²) in [5, 5.41) is 11.7. The van der Waals surface area contributed by atoms with E-state index >= 15 is 0 Å². The molecule has 19 heavy (non-hydrogen) atoms. The number of carboxylic acid groups (broad SMARTS) is 1. The summed E-state index contributed by atoms with van der Waals surface area (Å²) in [4.78, 5) is 28.5. The number of anilines is 1. The van der Waals surface area contributed by atoms with Gasteiger partial charge in [-0.05, 0) is 25.5 Å². The maximum absolute atomic E-state index is 11.5. The average molecular weight is 265 g/mol. The fourth-order valence-corrected chi connectivity index (χ4v) is 1.62. The van der Waals surface area contributed by atoms with Crippen LogP contribution in [0.5, 0.6) is 0 Å². The third-order valence-corrected chi connectivity index (χ3v) is 2.62. The Bertz CT molecular complexity index is 474. The van der Waals surface area contributed by atoms with Gasteiger partial charge in [-0.3, -0.25) is 4.79 Å². The number of nitrogens with zero attached hydrogens (tertiary/aromatic N) is 2. The maximum atomic E-state index is 11.5. The topological polar surface area (TPSA) is 82.5 Å². The fourth-order valence-electron chi connectivity index (χ4n) is 1.62. The van der Waals surface area contributed by atoms with E-state index in [2.05, 4.69) is 10.3 Å². The molecule has 0 aliphatic heterocycles. The van der Waals surface area contributed by atoms with Crippen LogP contribution >= 0.6 is 0 Å². The highest BCUT2D eigenvalue weighted by molar-refractivity contribution is 5.89. The molecule has 0 aliphatic carbocycles. The minimum Gasteiger partial charge on any atom is -0.478 e. The van der Waals surface area contributed by atoms with Crippen LogP contribution in [0.15, 0.2) is 12.1 Å². The second-order valence-corrected chi connectivity index (χ2v) is 4.17. The van der Waals surface area contributed by atoms with E-state index in [0.29, 0.717) is 24.5 Å². The Morgan fingerprint density at radius 1 is 1.37 bits per heavy atom. The van der Waals surface area contributed by atoms with Crippen LogP contribution in [0.1, 0.15) is 29.9 Å². The van der Waals surface area contributed by atoms with Crippen molar-refractivity contribution in [1.29, 1.82) is 0 Å². The lowest BCUT2D eigenvalue weighted by atomic mass is 10.2. The summed E-state index contributed by atoms with van der Waals surface area (Å²) < 4.78 is 0. The van der Waals surface area contributed by atoms with E-state index in [4.69, 9.17) is 5.11 Å². The number of aromatic carboxylic acids is 1. The van der Waals surface area contributed by atoms with Crippen LogP contribution in [-0.4, -0.2) is 42.1 Å². The largest absolute Gasteiger partial charge is 0.478 e. The minimum atomic E-state index is -0.996. The normalized spacial score (nSPS) is 10.1. The Labute approximate surface area is 112 Å². The van der Waals surface area contributed by atoms with Gasteiger partial charge in [0.2, 0.25) is 5.91 Å². The summed E-state index contributed by atoms with van der Waals surface area (Å²) in [6.07, 6.45) is 0.642. The molecule has 104 valence electrons. The zero-order valence-electron chi connectivity index (χ0n) is 11.4. The molecule has 2 N–H and O–H groups in total. The number of hydrogen-bond donors (Lipinski definition) is 2. The van der Waals surface area contributed by atoms with Gasteiger partial charge in [0, 0.05) is 19.3 Å². The van der Waals surface area contributed by atoms with E-state index in [1.807, 2.05) is 13.8 Å². The summed E-state index contributed by atoms with van der Waals surface area (Å²) in [6.45, 7) is 4.46. The second-order valence-electron chi connectivity index (χ2n) is 4.17. The summed E-state index contributed by atoms with van der Waals surface area (Å²) in [5.41, 5.74) is 0.877. The highest BCUT2D eigenvalue weighted by Gasteiger charge is 2.12. The second kappa shape index (κ2) is 6.72. The molecule has 0 atom stereocenters. The Hall–Kier alpha value is -2.11. The predicted octanol–water partition coefficient (Wildman–Crippen LogP) is 0.914. The molecule has 0 radical (unpaired) electrons. The van der Waals surface area contributed by atoms with E-state index in [9.17, 15) is 9.59 Å². The van der Waals surface area contributed by atoms with Gasteiger partial charge in [-0.1, -0.05) is 6.92 Å². The lowest BCUT2D eigenvalue weighted by Gasteiger charge is -2.18. The van der Waals surface area contributed by atoms with Gasteiger partial charge in [0.15, 0.2) is 0 Å². The van der Waals surface area contributed by atoms with Crippen molar-refractivity contribution in [3.05, 3.63) is 23.4 Å². The Morgan fingerprint density at radius 3 is 2.58 bits per heavy atom. The number of carboxylic acids is 1. The molecular formula is C13H19N3O3. The molecule has 0 aromatic carbocycles. The van der Waals surface area contributed by atoms with Gasteiger partial charge >= 0.3 is 5.97 Å². The third-order valence-electron chi connectivity index (χ3n) is 2.62. The van der Waals surface area contributed by atoms with Crippen molar-refractivity contribution in [3.8, 4) is 0 Å². The number of pyridine rings is 1. The van der Waals surface area contributed by atoms with Crippen molar-refractivity contribution in [2.75, 3.05) is 25.0 Å². The molecule has 0 spiro atoms. The monoisotopic (exact) mass is 265 g/mol. The van der Waals surface area contributed by atoms with E-state index in [1.54, 1.807) is 18.0 Å². The van der Waals surface area contributed by atoms with Crippen LogP contribution in [0.2, 0.25) is 0 Å². The number of hydrogen-bond acceptors (Lipinski definition) is 4. The van der Waals surface area contributed by atoms with Crippen LogP contribution < -0.4 is 10.2 Å². The number of likely N-dealkylation sites (N-methyl/N-ethyl adjacent to an activating group) is 2. The highest BCUT2D eigenvalue weighted by Crippen LogP contribution is 2.14. The molecule has 6 nitrogen and oxygen atoms in total. The molecule has 0 aliphatic rings. The summed E-state index contributed by atoms with van der Waals surface area (Å²) in [6, 6.07) is 3.02. The van der Waals surface area contributed by atoms with E-state index in [1.165, 1.54) is 6.07 Å². The van der Waals surface area contributed by atoms with Crippen LogP contribution in [0.4, 0.5) is 5.82 Å². The Morgan fingerprint density at radius 2 is 2.05 bits per heavy atom. The zero-order chi connectivity index (χ0) is 14.4. The first-order chi connectivity index (χ1) is 8.97. The Balaban J connectivity index is 2.95. The van der Waals surface area contributed by atoms with Gasteiger partial charge in [0.1, 0.15) is 5.82 Å². The molecule has 0 saturated carbocycles. The molecule has 1 rings (SSSR count). The summed E-state index contributed by atoms with van der Waals surface area (Å²) >= 11 is 0. The SMILES string of the molecule is CCNC(=O)CN(C)c1cc(C(=O)O)cc(CC)n1. The van der Waals surface area contributed by atoms with Crippen molar-refractivity contribution < 1.29 is 14.7 Å². The van der Waals surface area contributed by atoms with Gasteiger partial charge in [0.25, 0.3) is 0 Å². The van der Waals surface area contributed by atoms with Gasteiger partial charge in [-0.2, -0.15) is 0 Å². The van der Waals surface area contributed by atoms with Crippen molar-refractivity contribution in [1.82, 2.24) is 10.3 Å². The molecule has 0 saturated heterocycles. The van der Waals surface area contributed by atoms with Crippen molar-refractivity contribution >= 4 is 17.7 Å². The number of rotatable bonds is 6. The van der Waals surface area contributed by atoms with E-state index < -0.39 is 5.97 Å². The molecule has 1 heterocycles. The summed E-state index contributed by atoms with van der Waals surface area (Å²) in [7, 11) is 1.71. The fraction of sp³-hybridized carbons (Fsp3) is 0.462. The van der Waals surface area contributed by atoms with Crippen LogP contribution in [0.3, 0.4) is 0 Å². The van der Waals surface area contributed by atoms with Gasteiger partial charge in [-0.25, -0.2) is 9.78 Å². The van der Waals surface area contributed by atoms with Gasteiger partial charge in [0.05, 0.1) is 12.1 Å². The zero-order valence-corrected chi connectivity index (χ0v) is 11.4. The third kappa shape index (κ3) is 4.24. The number of carbonyl (C=O) groups excluding carboxylic acids is 1. The minimum absolute atomic E-state index is 0.120. The smallest absolute Gasteiger partial charge is 0.335 e. The average Bonchev–Trinajstić information content (AvgIpc) is 2.38. The van der Waals surface area contributed by atoms with Crippen molar-refractivity contribution in [2.45, 2.75) is 20.3 Å². The molecule has 0 unspecified atom stereocenters. The predicted molar refractivity (Wildman–Crippen MR) is 72.5 cm³/mol. The number of aryl methyl sites for hydroxylation is 1. The van der Waals surface area contributed by atoms with Crippen molar-refractivity contribution in [3.63, 3.8) is 0 Å². The van der Waals surface area contributed by atoms with Gasteiger partial charge < -0.3 is 15.3 Å². The van der Waals surface area contributed by atoms with Crippen LogP contribution in [0, 0.1) is 0 Å². The number of nitrogens with one attached hydrogen (secondary N) is 1. The number of carbonyl (C=O) groups is 2. The molecule has 0 bridgehead atoms. The lowest BCUT2D eigenvalue weighted by Crippen LogP contribution is -2.35. The van der Waals surface area contributed by atoms with E-state index in [0.717, 1.165) is 0 Å².